The van der Waals surface area contributed by atoms with E-state index < -0.39 is 23.8 Å². The molecule has 16 heavy (non-hydrogen) atoms. The molecule has 0 bridgehead atoms. The van der Waals surface area contributed by atoms with E-state index in [0.717, 1.165) is 12.5 Å². The molecule has 0 radical (unpaired) electrons. The van der Waals surface area contributed by atoms with Gasteiger partial charge in [-0.2, -0.15) is 0 Å². The second kappa shape index (κ2) is 6.78. The second-order valence-electron chi connectivity index (χ2n) is 3.52. The summed E-state index contributed by atoms with van der Waals surface area (Å²) in [5, 5.41) is 9.57. The van der Waals surface area contributed by atoms with Gasteiger partial charge in [0, 0.05) is 5.56 Å². The van der Waals surface area contributed by atoms with Crippen LogP contribution in [0.3, 0.4) is 0 Å². The number of aliphatic hydroxyl groups excluding tert-OH is 1. The molecule has 0 aliphatic carbocycles. The highest BCUT2D eigenvalue weighted by Crippen LogP contribution is 2.21. The highest BCUT2D eigenvalue weighted by molar-refractivity contribution is 5.85. The SMILES string of the molecule is CCC[C@@H](O)[C@@H](N)c1cccc(F)c1F.Cl. The van der Waals surface area contributed by atoms with Gasteiger partial charge in [-0.15, -0.1) is 12.4 Å². The number of hydrogen-bond acceptors (Lipinski definition) is 2. The molecule has 0 aromatic heterocycles. The maximum Gasteiger partial charge on any atom is 0.163 e. The van der Waals surface area contributed by atoms with Crippen LogP contribution in [0.15, 0.2) is 18.2 Å². The molecule has 0 heterocycles. The molecular weight excluding hydrogens is 236 g/mol. The van der Waals surface area contributed by atoms with E-state index in [4.69, 9.17) is 5.73 Å². The first-order chi connectivity index (χ1) is 7.07. The Hall–Kier alpha value is -0.710. The van der Waals surface area contributed by atoms with Crippen molar-refractivity contribution in [1.82, 2.24) is 0 Å². The van der Waals surface area contributed by atoms with Gasteiger partial charge in [-0.3, -0.25) is 0 Å². The first-order valence-electron chi connectivity index (χ1n) is 4.95. The fourth-order valence-corrected chi connectivity index (χ4v) is 1.46. The molecule has 0 unspecified atom stereocenters. The highest BCUT2D eigenvalue weighted by Gasteiger charge is 2.20. The van der Waals surface area contributed by atoms with Crippen molar-refractivity contribution in [3.05, 3.63) is 35.4 Å². The van der Waals surface area contributed by atoms with Gasteiger partial charge in [0.15, 0.2) is 11.6 Å². The van der Waals surface area contributed by atoms with Crippen molar-refractivity contribution in [3.8, 4) is 0 Å². The Morgan fingerprint density at radius 3 is 2.56 bits per heavy atom. The molecule has 0 saturated carbocycles. The van der Waals surface area contributed by atoms with Crippen LogP contribution in [0.5, 0.6) is 0 Å². The third-order valence-electron chi connectivity index (χ3n) is 2.34. The molecular formula is C11H16ClF2NO. The lowest BCUT2D eigenvalue weighted by Crippen LogP contribution is -2.27. The maximum atomic E-state index is 13.3. The normalized spacial score (nSPS) is 14.1. The number of halogens is 3. The lowest BCUT2D eigenvalue weighted by molar-refractivity contribution is 0.132. The number of benzene rings is 1. The van der Waals surface area contributed by atoms with Crippen molar-refractivity contribution in [1.29, 1.82) is 0 Å². The summed E-state index contributed by atoms with van der Waals surface area (Å²) in [6, 6.07) is 2.92. The van der Waals surface area contributed by atoms with E-state index in [9.17, 15) is 13.9 Å². The fraction of sp³-hybridized carbons (Fsp3) is 0.455. The van der Waals surface area contributed by atoms with Gasteiger partial charge in [-0.25, -0.2) is 8.78 Å². The summed E-state index contributed by atoms with van der Waals surface area (Å²) in [5.41, 5.74) is 5.66. The average Bonchev–Trinajstić information content (AvgIpc) is 2.21. The quantitative estimate of drug-likeness (QED) is 0.864. The van der Waals surface area contributed by atoms with E-state index >= 15 is 0 Å². The molecule has 92 valence electrons. The molecule has 1 rings (SSSR count). The zero-order valence-corrected chi connectivity index (χ0v) is 9.81. The van der Waals surface area contributed by atoms with E-state index in [-0.39, 0.29) is 18.0 Å². The average molecular weight is 252 g/mol. The smallest absolute Gasteiger partial charge is 0.163 e. The van der Waals surface area contributed by atoms with Crippen LogP contribution >= 0.6 is 12.4 Å². The van der Waals surface area contributed by atoms with Gasteiger partial charge in [-0.1, -0.05) is 25.5 Å². The Morgan fingerprint density at radius 1 is 1.38 bits per heavy atom. The fourth-order valence-electron chi connectivity index (χ4n) is 1.46. The Balaban J connectivity index is 0.00000225. The number of aliphatic hydroxyl groups is 1. The second-order valence-corrected chi connectivity index (χ2v) is 3.52. The first kappa shape index (κ1) is 15.3. The van der Waals surface area contributed by atoms with E-state index in [2.05, 4.69) is 0 Å². The minimum atomic E-state index is -0.972. The van der Waals surface area contributed by atoms with Gasteiger partial charge >= 0.3 is 0 Å². The van der Waals surface area contributed by atoms with Crippen LogP contribution in [-0.4, -0.2) is 11.2 Å². The van der Waals surface area contributed by atoms with Crippen LogP contribution in [0.1, 0.15) is 31.4 Å². The minimum Gasteiger partial charge on any atom is -0.391 e. The molecule has 2 nitrogen and oxygen atoms in total. The summed E-state index contributed by atoms with van der Waals surface area (Å²) < 4.78 is 26.2. The van der Waals surface area contributed by atoms with E-state index in [1.165, 1.54) is 12.1 Å². The van der Waals surface area contributed by atoms with Crippen molar-refractivity contribution in [3.63, 3.8) is 0 Å². The third-order valence-corrected chi connectivity index (χ3v) is 2.34. The van der Waals surface area contributed by atoms with Crippen LogP contribution < -0.4 is 5.73 Å². The van der Waals surface area contributed by atoms with Crippen molar-refractivity contribution in [2.75, 3.05) is 0 Å². The highest BCUT2D eigenvalue weighted by atomic mass is 35.5. The molecule has 5 heteroatoms. The molecule has 0 aliphatic heterocycles. The predicted molar refractivity (Wildman–Crippen MR) is 61.4 cm³/mol. The van der Waals surface area contributed by atoms with Crippen LogP contribution in [-0.2, 0) is 0 Å². The molecule has 0 fully saturated rings. The van der Waals surface area contributed by atoms with Gasteiger partial charge in [0.1, 0.15) is 0 Å². The molecule has 1 aromatic rings. The van der Waals surface area contributed by atoms with E-state index in [1.807, 2.05) is 6.92 Å². The number of nitrogens with two attached hydrogens (primary N) is 1. The zero-order valence-electron chi connectivity index (χ0n) is 8.99. The topological polar surface area (TPSA) is 46.2 Å². The molecule has 0 saturated heterocycles. The number of hydrogen-bond donors (Lipinski definition) is 2. The van der Waals surface area contributed by atoms with Crippen LogP contribution in [0, 0.1) is 11.6 Å². The van der Waals surface area contributed by atoms with Gasteiger partial charge in [0.05, 0.1) is 12.1 Å². The Kier molecular flexibility index (Phi) is 6.48. The van der Waals surface area contributed by atoms with Crippen LogP contribution in [0.2, 0.25) is 0 Å². The summed E-state index contributed by atoms with van der Waals surface area (Å²) >= 11 is 0. The predicted octanol–water partition coefficient (Wildman–Crippen LogP) is 2.55. The van der Waals surface area contributed by atoms with E-state index in [1.54, 1.807) is 0 Å². The molecule has 3 N–H and O–H groups in total. The van der Waals surface area contributed by atoms with Crippen molar-refractivity contribution >= 4 is 12.4 Å². The van der Waals surface area contributed by atoms with E-state index in [0.29, 0.717) is 6.42 Å². The van der Waals surface area contributed by atoms with Crippen molar-refractivity contribution in [2.45, 2.75) is 31.9 Å². The maximum absolute atomic E-state index is 13.3. The summed E-state index contributed by atoms with van der Waals surface area (Å²) in [7, 11) is 0. The standard InChI is InChI=1S/C11H15F2NO.ClH/c1-2-4-9(15)11(14)7-5-3-6-8(12)10(7)13;/h3,5-6,9,11,15H,2,4,14H2,1H3;1H/t9-,11+;/m1./s1. The molecule has 0 amide bonds. The lowest BCUT2D eigenvalue weighted by Gasteiger charge is -2.19. The van der Waals surface area contributed by atoms with Crippen molar-refractivity contribution < 1.29 is 13.9 Å². The molecule has 1 aromatic carbocycles. The Labute approximate surface area is 99.9 Å². The summed E-state index contributed by atoms with van der Waals surface area (Å²) in [4.78, 5) is 0. The zero-order chi connectivity index (χ0) is 11.4. The Bertz CT molecular complexity index is 336. The summed E-state index contributed by atoms with van der Waals surface area (Å²) in [6.07, 6.45) is 0.370. The first-order valence-corrected chi connectivity index (χ1v) is 4.95. The summed E-state index contributed by atoms with van der Waals surface area (Å²) in [5.74, 6) is -1.91. The largest absolute Gasteiger partial charge is 0.391 e. The monoisotopic (exact) mass is 251 g/mol. The minimum absolute atomic E-state index is 0. The molecule has 2 atom stereocenters. The summed E-state index contributed by atoms with van der Waals surface area (Å²) in [6.45, 7) is 1.89. The van der Waals surface area contributed by atoms with Gasteiger partial charge in [0.2, 0.25) is 0 Å². The number of rotatable bonds is 4. The third kappa shape index (κ3) is 3.40. The molecule has 0 aliphatic rings. The Morgan fingerprint density at radius 2 is 2.00 bits per heavy atom. The van der Waals surface area contributed by atoms with Crippen molar-refractivity contribution in [2.24, 2.45) is 5.73 Å². The molecule has 0 spiro atoms. The van der Waals surface area contributed by atoms with Crippen LogP contribution in [0.4, 0.5) is 8.78 Å². The van der Waals surface area contributed by atoms with Crippen LogP contribution in [0.25, 0.3) is 0 Å². The lowest BCUT2D eigenvalue weighted by atomic mass is 9.98. The van der Waals surface area contributed by atoms with Gasteiger partial charge < -0.3 is 10.8 Å². The van der Waals surface area contributed by atoms with Gasteiger partial charge in [0.25, 0.3) is 0 Å². The van der Waals surface area contributed by atoms with Gasteiger partial charge in [-0.05, 0) is 12.5 Å².